The van der Waals surface area contributed by atoms with Gasteiger partial charge in [-0.05, 0) is 25.5 Å². The molecule has 0 aliphatic heterocycles. The molecule has 0 heterocycles. The van der Waals surface area contributed by atoms with Crippen LogP contribution in [0.25, 0.3) is 0 Å². The van der Waals surface area contributed by atoms with Crippen LogP contribution in [0.1, 0.15) is 20.3 Å². The molecule has 0 radical (unpaired) electrons. The Kier molecular flexibility index (Phi) is 6.16. The van der Waals surface area contributed by atoms with Crippen molar-refractivity contribution in [3.8, 4) is 5.75 Å². The maximum Gasteiger partial charge on any atom is 0.142 e. The number of aliphatic hydroxyl groups excluding tert-OH is 1. The third-order valence-electron chi connectivity index (χ3n) is 2.50. The van der Waals surface area contributed by atoms with Gasteiger partial charge in [-0.2, -0.15) is 0 Å². The molecule has 0 saturated carbocycles. The largest absolute Gasteiger partial charge is 0.489 e. The van der Waals surface area contributed by atoms with Gasteiger partial charge in [0.15, 0.2) is 0 Å². The molecule has 0 aliphatic rings. The zero-order chi connectivity index (χ0) is 12.7. The molecule has 96 valence electrons. The molecule has 1 rings (SSSR count). The second-order valence-corrected chi connectivity index (χ2v) is 4.33. The molecule has 1 aromatic carbocycles. The molecule has 0 saturated heterocycles. The number of hydrogen-bond acceptors (Lipinski definition) is 3. The second kappa shape index (κ2) is 7.41. The summed E-state index contributed by atoms with van der Waals surface area (Å²) in [6.45, 7) is 4.53. The Hall–Kier alpha value is -0.930. The number of alkyl halides is 1. The van der Waals surface area contributed by atoms with E-state index in [1.54, 1.807) is 0 Å². The van der Waals surface area contributed by atoms with E-state index in [-0.39, 0.29) is 12.0 Å². The molecule has 2 unspecified atom stereocenters. The minimum atomic E-state index is -0.548. The van der Waals surface area contributed by atoms with E-state index in [1.165, 1.54) is 0 Å². The Bertz CT molecular complexity index is 333. The fourth-order valence-corrected chi connectivity index (χ4v) is 1.41. The van der Waals surface area contributed by atoms with Gasteiger partial charge in [0, 0.05) is 6.54 Å². The number of anilines is 1. The van der Waals surface area contributed by atoms with Crippen molar-refractivity contribution in [3.63, 3.8) is 0 Å². The number of nitrogens with one attached hydrogen (secondary N) is 1. The number of para-hydroxylation sites is 2. The number of aliphatic hydroxyl groups is 1. The van der Waals surface area contributed by atoms with Crippen molar-refractivity contribution in [2.75, 3.05) is 17.7 Å². The third kappa shape index (κ3) is 4.84. The Morgan fingerprint density at radius 3 is 2.76 bits per heavy atom. The van der Waals surface area contributed by atoms with Crippen molar-refractivity contribution in [1.29, 1.82) is 0 Å². The zero-order valence-electron chi connectivity index (χ0n) is 10.3. The topological polar surface area (TPSA) is 41.5 Å². The van der Waals surface area contributed by atoms with E-state index >= 15 is 0 Å². The van der Waals surface area contributed by atoms with Gasteiger partial charge in [0.1, 0.15) is 5.75 Å². The molecule has 4 heteroatoms. The molecule has 0 bridgehead atoms. The first-order chi connectivity index (χ1) is 8.17. The number of halogens is 1. The van der Waals surface area contributed by atoms with Crippen LogP contribution in [0.5, 0.6) is 5.75 Å². The van der Waals surface area contributed by atoms with Gasteiger partial charge in [-0.3, -0.25) is 0 Å². The van der Waals surface area contributed by atoms with E-state index in [9.17, 15) is 5.11 Å². The molecule has 0 fully saturated rings. The highest BCUT2D eigenvalue weighted by Crippen LogP contribution is 2.25. The molecule has 0 aromatic heterocycles. The Morgan fingerprint density at radius 2 is 2.12 bits per heavy atom. The molecular formula is C13H20ClNO2. The van der Waals surface area contributed by atoms with Crippen molar-refractivity contribution < 1.29 is 9.84 Å². The lowest BCUT2D eigenvalue weighted by Gasteiger charge is -2.17. The van der Waals surface area contributed by atoms with Crippen LogP contribution in [-0.4, -0.2) is 29.7 Å². The highest BCUT2D eigenvalue weighted by Gasteiger charge is 2.08. The van der Waals surface area contributed by atoms with E-state index < -0.39 is 6.10 Å². The van der Waals surface area contributed by atoms with Crippen LogP contribution < -0.4 is 10.1 Å². The molecular weight excluding hydrogens is 238 g/mol. The quantitative estimate of drug-likeness (QED) is 0.738. The smallest absolute Gasteiger partial charge is 0.142 e. The summed E-state index contributed by atoms with van der Waals surface area (Å²) in [7, 11) is 0. The standard InChI is InChI=1S/C13H20ClNO2/c1-3-10(2)17-13-7-5-4-6-12(13)15-9-11(16)8-14/h4-7,10-11,15-16H,3,8-9H2,1-2H3. The van der Waals surface area contributed by atoms with Crippen molar-refractivity contribution in [1.82, 2.24) is 0 Å². The summed E-state index contributed by atoms with van der Waals surface area (Å²) in [4.78, 5) is 0. The van der Waals surface area contributed by atoms with Gasteiger partial charge in [-0.15, -0.1) is 11.6 Å². The summed E-state index contributed by atoms with van der Waals surface area (Å²) in [5, 5.41) is 12.5. The first-order valence-corrected chi connectivity index (χ1v) is 6.44. The molecule has 17 heavy (non-hydrogen) atoms. The Labute approximate surface area is 108 Å². The predicted molar refractivity (Wildman–Crippen MR) is 72.0 cm³/mol. The van der Waals surface area contributed by atoms with Gasteiger partial charge in [0.05, 0.1) is 23.8 Å². The predicted octanol–water partition coefficient (Wildman–Crippen LogP) is 2.88. The molecule has 0 amide bonds. The first-order valence-electron chi connectivity index (χ1n) is 5.91. The fourth-order valence-electron chi connectivity index (χ4n) is 1.30. The van der Waals surface area contributed by atoms with Gasteiger partial charge in [-0.1, -0.05) is 19.1 Å². The maximum atomic E-state index is 9.40. The second-order valence-electron chi connectivity index (χ2n) is 4.02. The highest BCUT2D eigenvalue weighted by atomic mass is 35.5. The van der Waals surface area contributed by atoms with Crippen LogP contribution in [0.3, 0.4) is 0 Å². The summed E-state index contributed by atoms with van der Waals surface area (Å²) in [5.74, 6) is 1.03. The first kappa shape index (κ1) is 14.1. The fraction of sp³-hybridized carbons (Fsp3) is 0.538. The average molecular weight is 258 g/mol. The molecule has 0 spiro atoms. The van der Waals surface area contributed by atoms with Crippen molar-refractivity contribution >= 4 is 17.3 Å². The molecule has 0 aliphatic carbocycles. The van der Waals surface area contributed by atoms with Crippen molar-refractivity contribution in [2.24, 2.45) is 0 Å². The maximum absolute atomic E-state index is 9.40. The van der Waals surface area contributed by atoms with Crippen molar-refractivity contribution in [2.45, 2.75) is 32.5 Å². The lowest BCUT2D eigenvalue weighted by molar-refractivity contribution is 0.209. The zero-order valence-corrected chi connectivity index (χ0v) is 11.1. The van der Waals surface area contributed by atoms with Gasteiger partial charge in [-0.25, -0.2) is 0 Å². The molecule has 3 nitrogen and oxygen atoms in total. The average Bonchev–Trinajstić information content (AvgIpc) is 2.37. The van der Waals surface area contributed by atoms with E-state index in [0.29, 0.717) is 6.54 Å². The van der Waals surface area contributed by atoms with Crippen molar-refractivity contribution in [3.05, 3.63) is 24.3 Å². The highest BCUT2D eigenvalue weighted by molar-refractivity contribution is 6.18. The third-order valence-corrected chi connectivity index (χ3v) is 2.85. The SMILES string of the molecule is CCC(C)Oc1ccccc1NCC(O)CCl. The minimum Gasteiger partial charge on any atom is -0.489 e. The monoisotopic (exact) mass is 257 g/mol. The van der Waals surface area contributed by atoms with Gasteiger partial charge in [0.2, 0.25) is 0 Å². The lowest BCUT2D eigenvalue weighted by atomic mass is 10.2. The molecule has 2 N–H and O–H groups in total. The summed E-state index contributed by atoms with van der Waals surface area (Å²) in [6.07, 6.45) is 0.586. The summed E-state index contributed by atoms with van der Waals surface area (Å²) >= 11 is 5.54. The number of ether oxygens (including phenoxy) is 1. The van der Waals surface area contributed by atoms with Crippen LogP contribution >= 0.6 is 11.6 Å². The van der Waals surface area contributed by atoms with Crippen LogP contribution in [0, 0.1) is 0 Å². The lowest BCUT2D eigenvalue weighted by Crippen LogP contribution is -2.21. The Morgan fingerprint density at radius 1 is 1.41 bits per heavy atom. The van der Waals surface area contributed by atoms with Crippen LogP contribution in [-0.2, 0) is 0 Å². The van der Waals surface area contributed by atoms with Crippen LogP contribution in [0.15, 0.2) is 24.3 Å². The van der Waals surface area contributed by atoms with Gasteiger partial charge in [0.25, 0.3) is 0 Å². The number of benzene rings is 1. The van der Waals surface area contributed by atoms with Crippen LogP contribution in [0.4, 0.5) is 5.69 Å². The molecule has 2 atom stereocenters. The number of hydrogen-bond donors (Lipinski definition) is 2. The minimum absolute atomic E-state index is 0.177. The molecule has 1 aromatic rings. The number of rotatable bonds is 7. The normalized spacial score (nSPS) is 14.1. The van der Waals surface area contributed by atoms with E-state index in [4.69, 9.17) is 16.3 Å². The summed E-state index contributed by atoms with van der Waals surface area (Å²) in [6, 6.07) is 7.71. The van der Waals surface area contributed by atoms with E-state index in [2.05, 4.69) is 12.2 Å². The Balaban J connectivity index is 2.64. The summed E-state index contributed by atoms with van der Waals surface area (Å²) < 4.78 is 5.78. The van der Waals surface area contributed by atoms with Gasteiger partial charge < -0.3 is 15.2 Å². The van der Waals surface area contributed by atoms with E-state index in [1.807, 2.05) is 31.2 Å². The van der Waals surface area contributed by atoms with E-state index in [0.717, 1.165) is 17.9 Å². The van der Waals surface area contributed by atoms with Crippen LogP contribution in [0.2, 0.25) is 0 Å². The van der Waals surface area contributed by atoms with Gasteiger partial charge >= 0.3 is 0 Å². The summed E-state index contributed by atoms with van der Waals surface area (Å²) in [5.41, 5.74) is 0.886.